The topological polar surface area (TPSA) is 110 Å². The van der Waals surface area contributed by atoms with Gasteiger partial charge in [-0.25, -0.2) is 0 Å². The summed E-state index contributed by atoms with van der Waals surface area (Å²) < 4.78 is 43.3. The smallest absolute Gasteiger partial charge is 0.394 e. The number of aliphatic hydroxyl groups excluding tert-OH is 2. The van der Waals surface area contributed by atoms with E-state index >= 15 is 0 Å². The molecule has 0 aliphatic rings. The fourth-order valence-electron chi connectivity index (χ4n) is 3.46. The molecule has 0 aliphatic heterocycles. The van der Waals surface area contributed by atoms with E-state index in [2.05, 4.69) is 10.3 Å². The molecule has 1 atom stereocenters. The lowest BCUT2D eigenvalue weighted by Crippen LogP contribution is -2.37. The van der Waals surface area contributed by atoms with Crippen molar-refractivity contribution in [2.24, 2.45) is 0 Å². The van der Waals surface area contributed by atoms with Crippen LogP contribution in [0.2, 0.25) is 0 Å². The molecule has 0 aromatic carbocycles. The third kappa shape index (κ3) is 16.0. The van der Waals surface area contributed by atoms with E-state index in [1.54, 1.807) is 0 Å². The Morgan fingerprint density at radius 3 is 2.24 bits per heavy atom. The van der Waals surface area contributed by atoms with Crippen molar-refractivity contribution in [3.8, 4) is 0 Å². The van der Waals surface area contributed by atoms with Gasteiger partial charge in [-0.2, -0.15) is 13.2 Å². The zero-order valence-electron chi connectivity index (χ0n) is 20.1. The van der Waals surface area contributed by atoms with Gasteiger partial charge in [0.2, 0.25) is 0 Å². The van der Waals surface area contributed by atoms with Gasteiger partial charge in [0.1, 0.15) is 6.10 Å². The van der Waals surface area contributed by atoms with E-state index < -0.39 is 18.2 Å². The molecule has 0 fully saturated rings. The average molecular weight is 495 g/mol. The number of aliphatic hydroxyl groups is 2. The first-order valence-corrected chi connectivity index (χ1v) is 12.4. The summed E-state index contributed by atoms with van der Waals surface area (Å²) in [5, 5.41) is 27.9. The Morgan fingerprint density at radius 1 is 1.00 bits per heavy atom. The number of ether oxygens (including phenoxy) is 1. The Morgan fingerprint density at radius 2 is 1.62 bits per heavy atom. The number of hydrogen-bond donors (Lipinski definition) is 3. The molecule has 1 aromatic rings. The average Bonchev–Trinajstić information content (AvgIpc) is 3.25. The fourth-order valence-corrected chi connectivity index (χ4v) is 3.46. The van der Waals surface area contributed by atoms with Crippen LogP contribution in [0.25, 0.3) is 0 Å². The van der Waals surface area contributed by atoms with Crippen molar-refractivity contribution < 1.29 is 32.9 Å². The van der Waals surface area contributed by atoms with Gasteiger partial charge in [-0.1, -0.05) is 56.6 Å². The molecule has 198 valence electrons. The molecule has 8 nitrogen and oxygen atoms in total. The molecule has 1 heterocycles. The van der Waals surface area contributed by atoms with Crippen molar-refractivity contribution in [3.05, 3.63) is 11.9 Å². The number of halogens is 3. The first-order chi connectivity index (χ1) is 16.3. The fraction of sp³-hybridized carbons (Fsp3) is 0.870. The highest BCUT2D eigenvalue weighted by atomic mass is 19.4. The van der Waals surface area contributed by atoms with E-state index in [1.165, 1.54) is 38.5 Å². The van der Waals surface area contributed by atoms with Gasteiger partial charge >= 0.3 is 12.1 Å². The Kier molecular flexibility index (Phi) is 16.6. The van der Waals surface area contributed by atoms with E-state index in [-0.39, 0.29) is 19.8 Å². The predicted molar refractivity (Wildman–Crippen MR) is 122 cm³/mol. The van der Waals surface area contributed by atoms with Crippen LogP contribution in [0, 0.1) is 0 Å². The van der Waals surface area contributed by atoms with Crippen molar-refractivity contribution >= 4 is 5.91 Å². The number of carbonyl (C=O) groups excluding carboxylic acids is 1. The normalized spacial score (nSPS) is 12.7. The van der Waals surface area contributed by atoms with E-state index in [9.17, 15) is 18.0 Å². The van der Waals surface area contributed by atoms with E-state index in [0.29, 0.717) is 25.9 Å². The van der Waals surface area contributed by atoms with Crippen LogP contribution in [0.5, 0.6) is 0 Å². The minimum atomic E-state index is -4.83. The van der Waals surface area contributed by atoms with Crippen LogP contribution in [0.3, 0.4) is 0 Å². The SMILES string of the molecule is O=C(NCCCCc1cn(CCCCCCCCCCCCOCC(O)CO)nn1)C(F)(F)F. The molecule has 0 bridgehead atoms. The van der Waals surface area contributed by atoms with Gasteiger partial charge in [0, 0.05) is 25.9 Å². The maximum atomic E-state index is 12.1. The molecule has 34 heavy (non-hydrogen) atoms. The van der Waals surface area contributed by atoms with E-state index in [4.69, 9.17) is 14.9 Å². The van der Waals surface area contributed by atoms with Gasteiger partial charge in [0.25, 0.3) is 0 Å². The first kappa shape index (κ1) is 30.3. The molecule has 11 heteroatoms. The minimum absolute atomic E-state index is 0.000657. The van der Waals surface area contributed by atoms with E-state index in [0.717, 1.165) is 37.9 Å². The molecule has 0 spiro atoms. The van der Waals surface area contributed by atoms with Crippen LogP contribution < -0.4 is 5.32 Å². The molecule has 1 amide bonds. The van der Waals surface area contributed by atoms with Gasteiger partial charge in [0.05, 0.1) is 18.9 Å². The highest BCUT2D eigenvalue weighted by molar-refractivity contribution is 5.81. The zero-order valence-corrected chi connectivity index (χ0v) is 20.1. The molecular weight excluding hydrogens is 453 g/mol. The monoisotopic (exact) mass is 494 g/mol. The van der Waals surface area contributed by atoms with Gasteiger partial charge in [-0.3, -0.25) is 9.48 Å². The minimum Gasteiger partial charge on any atom is -0.394 e. The summed E-state index contributed by atoms with van der Waals surface area (Å²) in [5.74, 6) is -1.89. The Bertz CT molecular complexity index is 644. The number of rotatable bonds is 21. The summed E-state index contributed by atoms with van der Waals surface area (Å²) in [6, 6.07) is 0. The second kappa shape index (κ2) is 18.6. The van der Waals surface area contributed by atoms with Crippen LogP contribution in [0.15, 0.2) is 6.20 Å². The van der Waals surface area contributed by atoms with E-state index in [1.807, 2.05) is 16.2 Å². The third-order valence-corrected chi connectivity index (χ3v) is 5.44. The number of carbonyl (C=O) groups is 1. The quantitative estimate of drug-likeness (QED) is 0.226. The second-order valence-electron chi connectivity index (χ2n) is 8.63. The maximum Gasteiger partial charge on any atom is 0.471 e. The standard InChI is InChI=1S/C23H41F3N4O4/c24-23(25,26)22(33)27-14-10-9-13-20-17-30(29-28-20)15-11-7-5-3-1-2-4-6-8-12-16-34-19-21(32)18-31/h17,21,31-32H,1-16,18-19H2,(H,27,33). The lowest BCUT2D eigenvalue weighted by atomic mass is 10.1. The Hall–Kier alpha value is -1.72. The summed E-state index contributed by atoms with van der Waals surface area (Å²) in [7, 11) is 0. The van der Waals surface area contributed by atoms with Crippen molar-refractivity contribution in [1.82, 2.24) is 20.3 Å². The number of nitrogens with zero attached hydrogens (tertiary/aromatic N) is 3. The summed E-state index contributed by atoms with van der Waals surface area (Å²) >= 11 is 0. The summed E-state index contributed by atoms with van der Waals surface area (Å²) in [6.07, 6.45) is 9.66. The number of aromatic nitrogens is 3. The lowest BCUT2D eigenvalue weighted by Gasteiger charge is -2.08. The molecule has 0 aliphatic carbocycles. The molecule has 1 aromatic heterocycles. The summed E-state index contributed by atoms with van der Waals surface area (Å²) in [5.41, 5.74) is 0.816. The lowest BCUT2D eigenvalue weighted by molar-refractivity contribution is -0.173. The van der Waals surface area contributed by atoms with Crippen LogP contribution in [0.1, 0.15) is 82.7 Å². The Balaban J connectivity index is 1.89. The molecule has 0 saturated carbocycles. The van der Waals surface area contributed by atoms with Crippen molar-refractivity contribution in [2.75, 3.05) is 26.4 Å². The Labute approximate surface area is 200 Å². The molecular formula is C23H41F3N4O4. The van der Waals surface area contributed by atoms with Gasteiger partial charge in [0.15, 0.2) is 0 Å². The predicted octanol–water partition coefficient (Wildman–Crippen LogP) is 3.55. The highest BCUT2D eigenvalue weighted by Gasteiger charge is 2.38. The maximum absolute atomic E-state index is 12.1. The molecule has 3 N–H and O–H groups in total. The highest BCUT2D eigenvalue weighted by Crippen LogP contribution is 2.14. The molecule has 0 saturated heterocycles. The number of amides is 1. The summed E-state index contributed by atoms with van der Waals surface area (Å²) in [4.78, 5) is 10.7. The van der Waals surface area contributed by atoms with Gasteiger partial charge in [-0.05, 0) is 32.1 Å². The number of hydrogen-bond acceptors (Lipinski definition) is 6. The molecule has 0 radical (unpaired) electrons. The number of nitrogens with one attached hydrogen (secondary N) is 1. The van der Waals surface area contributed by atoms with Crippen LogP contribution >= 0.6 is 0 Å². The largest absolute Gasteiger partial charge is 0.471 e. The van der Waals surface area contributed by atoms with Crippen molar-refractivity contribution in [1.29, 1.82) is 0 Å². The number of aryl methyl sites for hydroxylation is 2. The number of unbranched alkanes of at least 4 members (excludes halogenated alkanes) is 10. The summed E-state index contributed by atoms with van der Waals surface area (Å²) in [6.45, 7) is 1.39. The first-order valence-electron chi connectivity index (χ1n) is 12.4. The molecule has 1 rings (SSSR count). The van der Waals surface area contributed by atoms with Crippen LogP contribution in [-0.4, -0.2) is 69.8 Å². The number of alkyl halides is 3. The van der Waals surface area contributed by atoms with Crippen LogP contribution in [0.4, 0.5) is 13.2 Å². The molecule has 1 unspecified atom stereocenters. The van der Waals surface area contributed by atoms with Crippen molar-refractivity contribution in [3.63, 3.8) is 0 Å². The zero-order chi connectivity index (χ0) is 25.1. The van der Waals surface area contributed by atoms with Crippen molar-refractivity contribution in [2.45, 2.75) is 102 Å². The third-order valence-electron chi connectivity index (χ3n) is 5.44. The van der Waals surface area contributed by atoms with Crippen LogP contribution in [-0.2, 0) is 22.5 Å². The van der Waals surface area contributed by atoms with Gasteiger partial charge in [-0.15, -0.1) is 5.10 Å². The second-order valence-corrected chi connectivity index (χ2v) is 8.63. The van der Waals surface area contributed by atoms with Gasteiger partial charge < -0.3 is 20.3 Å².